The Hall–Kier alpha value is -2.93. The SMILES string of the molecule is O=C(c1ccc(-c2cc(F)c3c(c2)C(C2CCCCCCC2)CN3)cc1)N1CCN(C(=O)C2(O)CC2)CC1. The Labute approximate surface area is 224 Å². The van der Waals surface area contributed by atoms with E-state index in [4.69, 9.17) is 0 Å². The van der Waals surface area contributed by atoms with E-state index in [1.54, 1.807) is 15.9 Å². The van der Waals surface area contributed by atoms with Crippen molar-refractivity contribution >= 4 is 17.5 Å². The first-order valence-electron chi connectivity index (χ1n) is 14.4. The third-order valence-corrected chi connectivity index (χ3v) is 9.18. The number of halogens is 1. The summed E-state index contributed by atoms with van der Waals surface area (Å²) in [4.78, 5) is 28.9. The van der Waals surface area contributed by atoms with Crippen LogP contribution in [0.15, 0.2) is 36.4 Å². The van der Waals surface area contributed by atoms with E-state index in [-0.39, 0.29) is 17.6 Å². The molecule has 2 aliphatic heterocycles. The average molecular weight is 520 g/mol. The molecular formula is C31H38FN3O3. The minimum atomic E-state index is -1.16. The van der Waals surface area contributed by atoms with E-state index in [0.29, 0.717) is 62.1 Å². The highest BCUT2D eigenvalue weighted by molar-refractivity contribution is 5.95. The topological polar surface area (TPSA) is 72.9 Å². The van der Waals surface area contributed by atoms with Crippen LogP contribution in [-0.2, 0) is 4.79 Å². The van der Waals surface area contributed by atoms with Crippen molar-refractivity contribution in [3.63, 3.8) is 0 Å². The van der Waals surface area contributed by atoms with E-state index in [9.17, 15) is 14.7 Å². The number of carbonyl (C=O) groups is 2. The second-order valence-corrected chi connectivity index (χ2v) is 11.7. The van der Waals surface area contributed by atoms with E-state index in [2.05, 4.69) is 11.4 Å². The molecule has 38 heavy (non-hydrogen) atoms. The molecule has 0 bridgehead atoms. The summed E-state index contributed by atoms with van der Waals surface area (Å²) in [7, 11) is 0. The van der Waals surface area contributed by atoms with Crippen LogP contribution in [0.1, 0.15) is 79.6 Å². The van der Waals surface area contributed by atoms with Crippen LogP contribution in [0.2, 0.25) is 0 Å². The number of hydrogen-bond acceptors (Lipinski definition) is 4. The predicted octanol–water partition coefficient (Wildman–Crippen LogP) is 5.17. The van der Waals surface area contributed by atoms with Crippen molar-refractivity contribution in [3.05, 3.63) is 53.3 Å². The molecule has 2 N–H and O–H groups in total. The number of amides is 2. The van der Waals surface area contributed by atoms with Gasteiger partial charge in [-0.15, -0.1) is 0 Å². The Morgan fingerprint density at radius 3 is 2.16 bits per heavy atom. The summed E-state index contributed by atoms with van der Waals surface area (Å²) in [5.41, 5.74) is 2.95. The van der Waals surface area contributed by atoms with Crippen LogP contribution >= 0.6 is 0 Å². The Kier molecular flexibility index (Phi) is 6.89. The zero-order valence-corrected chi connectivity index (χ0v) is 22.1. The molecule has 4 aliphatic rings. The highest BCUT2D eigenvalue weighted by Crippen LogP contribution is 2.44. The molecule has 2 heterocycles. The van der Waals surface area contributed by atoms with Crippen LogP contribution in [-0.4, -0.2) is 65.0 Å². The molecular weight excluding hydrogens is 481 g/mol. The van der Waals surface area contributed by atoms with Crippen molar-refractivity contribution in [1.29, 1.82) is 0 Å². The number of rotatable bonds is 4. The van der Waals surface area contributed by atoms with Crippen LogP contribution in [0, 0.1) is 11.7 Å². The van der Waals surface area contributed by atoms with Gasteiger partial charge in [-0.3, -0.25) is 9.59 Å². The maximum absolute atomic E-state index is 15.2. The number of benzene rings is 2. The number of aliphatic hydroxyl groups is 1. The average Bonchev–Trinajstić information content (AvgIpc) is 3.53. The second-order valence-electron chi connectivity index (χ2n) is 11.7. The molecule has 0 spiro atoms. The van der Waals surface area contributed by atoms with Gasteiger partial charge in [0.05, 0.1) is 5.69 Å². The molecule has 7 heteroatoms. The van der Waals surface area contributed by atoms with Crippen molar-refractivity contribution in [1.82, 2.24) is 9.80 Å². The molecule has 202 valence electrons. The summed E-state index contributed by atoms with van der Waals surface area (Å²) in [6.45, 7) is 2.60. The Morgan fingerprint density at radius 1 is 0.868 bits per heavy atom. The molecule has 6 rings (SSSR count). The van der Waals surface area contributed by atoms with E-state index >= 15 is 4.39 Å². The number of nitrogens with zero attached hydrogens (tertiary/aromatic N) is 2. The van der Waals surface area contributed by atoms with Crippen LogP contribution in [0.5, 0.6) is 0 Å². The van der Waals surface area contributed by atoms with Gasteiger partial charge in [0.15, 0.2) is 0 Å². The predicted molar refractivity (Wildman–Crippen MR) is 146 cm³/mol. The molecule has 0 radical (unpaired) electrons. The van der Waals surface area contributed by atoms with Gasteiger partial charge in [-0.05, 0) is 72.6 Å². The minimum absolute atomic E-state index is 0.0672. The third kappa shape index (κ3) is 4.93. The van der Waals surface area contributed by atoms with Gasteiger partial charge in [0.1, 0.15) is 11.4 Å². The quantitative estimate of drug-likeness (QED) is 0.585. The highest BCUT2D eigenvalue weighted by Gasteiger charge is 2.50. The molecule has 0 aromatic heterocycles. The molecule has 1 atom stereocenters. The smallest absolute Gasteiger partial charge is 0.254 e. The Bertz CT molecular complexity index is 1190. The standard InChI is InChI=1S/C31H38FN3O3/c32-27-19-24(18-25-26(20-33-28(25)27)22-6-4-2-1-3-5-7-22)21-8-10-23(11-9-21)29(36)34-14-16-35(17-15-34)30(37)31(38)12-13-31/h8-11,18-19,22,26,33,38H,1-7,12-17,20H2. The normalized spacial score (nSPS) is 23.3. The van der Waals surface area contributed by atoms with Crippen molar-refractivity contribution in [2.45, 2.75) is 69.3 Å². The summed E-state index contributed by atoms with van der Waals surface area (Å²) < 4.78 is 15.2. The van der Waals surface area contributed by atoms with Crippen LogP contribution in [0.4, 0.5) is 10.1 Å². The fraction of sp³-hybridized carbons (Fsp3) is 0.548. The fourth-order valence-electron chi connectivity index (χ4n) is 6.63. The maximum Gasteiger partial charge on any atom is 0.254 e. The first-order valence-corrected chi connectivity index (χ1v) is 14.4. The number of nitrogens with one attached hydrogen (secondary N) is 1. The number of piperazine rings is 1. The molecule has 2 aliphatic carbocycles. The lowest BCUT2D eigenvalue weighted by Gasteiger charge is -2.35. The van der Waals surface area contributed by atoms with Gasteiger partial charge in [0.2, 0.25) is 0 Å². The molecule has 2 saturated carbocycles. The van der Waals surface area contributed by atoms with Gasteiger partial charge >= 0.3 is 0 Å². The molecule has 3 fully saturated rings. The second kappa shape index (κ2) is 10.3. The number of carbonyl (C=O) groups excluding carboxylic acids is 2. The van der Waals surface area contributed by atoms with Gasteiger partial charge in [-0.25, -0.2) is 4.39 Å². The van der Waals surface area contributed by atoms with Gasteiger partial charge < -0.3 is 20.2 Å². The molecule has 2 amide bonds. The number of hydrogen-bond donors (Lipinski definition) is 2. The lowest BCUT2D eigenvalue weighted by atomic mass is 9.79. The van der Waals surface area contributed by atoms with Gasteiger partial charge in [0.25, 0.3) is 11.8 Å². The first kappa shape index (κ1) is 25.4. The van der Waals surface area contributed by atoms with E-state index in [1.807, 2.05) is 24.3 Å². The minimum Gasteiger partial charge on any atom is -0.382 e. The summed E-state index contributed by atoms with van der Waals surface area (Å²) in [6.07, 6.45) is 9.98. The van der Waals surface area contributed by atoms with Crippen LogP contribution in [0.25, 0.3) is 11.1 Å². The largest absolute Gasteiger partial charge is 0.382 e. The van der Waals surface area contributed by atoms with Crippen molar-refractivity contribution in [2.75, 3.05) is 38.0 Å². The summed E-state index contributed by atoms with van der Waals surface area (Å²) in [5, 5.41) is 13.4. The molecule has 6 nitrogen and oxygen atoms in total. The summed E-state index contributed by atoms with van der Waals surface area (Å²) in [5.74, 6) is 0.477. The lowest BCUT2D eigenvalue weighted by molar-refractivity contribution is -0.143. The summed E-state index contributed by atoms with van der Waals surface area (Å²) in [6, 6.07) is 11.2. The van der Waals surface area contributed by atoms with E-state index in [0.717, 1.165) is 23.2 Å². The Morgan fingerprint density at radius 2 is 1.50 bits per heavy atom. The van der Waals surface area contributed by atoms with Crippen LogP contribution < -0.4 is 5.32 Å². The highest BCUT2D eigenvalue weighted by atomic mass is 19.1. The molecule has 1 saturated heterocycles. The molecule has 2 aromatic rings. The van der Waals surface area contributed by atoms with Gasteiger partial charge in [-0.2, -0.15) is 0 Å². The Balaban J connectivity index is 1.14. The maximum atomic E-state index is 15.2. The van der Waals surface area contributed by atoms with Crippen molar-refractivity contribution in [3.8, 4) is 11.1 Å². The van der Waals surface area contributed by atoms with Crippen molar-refractivity contribution < 1.29 is 19.1 Å². The molecule has 1 unspecified atom stereocenters. The fourth-order valence-corrected chi connectivity index (χ4v) is 6.63. The molecule has 2 aromatic carbocycles. The van der Waals surface area contributed by atoms with Crippen molar-refractivity contribution in [2.24, 2.45) is 5.92 Å². The van der Waals surface area contributed by atoms with E-state index in [1.165, 1.54) is 44.9 Å². The van der Waals surface area contributed by atoms with Gasteiger partial charge in [-0.1, -0.05) is 44.2 Å². The zero-order valence-electron chi connectivity index (χ0n) is 22.1. The first-order chi connectivity index (χ1) is 18.4. The summed E-state index contributed by atoms with van der Waals surface area (Å²) >= 11 is 0. The lowest BCUT2D eigenvalue weighted by Crippen LogP contribution is -2.53. The van der Waals surface area contributed by atoms with Crippen LogP contribution in [0.3, 0.4) is 0 Å². The third-order valence-electron chi connectivity index (χ3n) is 9.18. The van der Waals surface area contributed by atoms with Gasteiger partial charge in [0, 0.05) is 44.2 Å². The monoisotopic (exact) mass is 519 g/mol. The number of anilines is 1. The zero-order chi connectivity index (χ0) is 26.3. The number of fused-ring (bicyclic) bond motifs is 1. The van der Waals surface area contributed by atoms with E-state index < -0.39 is 5.60 Å².